The number of aromatic nitrogens is 3. The summed E-state index contributed by atoms with van der Waals surface area (Å²) in [5, 5.41) is 7.69. The van der Waals surface area contributed by atoms with Crippen molar-refractivity contribution < 1.29 is 0 Å². The van der Waals surface area contributed by atoms with Gasteiger partial charge in [0.15, 0.2) is 5.65 Å². The summed E-state index contributed by atoms with van der Waals surface area (Å²) < 4.78 is 1.84. The third-order valence-corrected chi connectivity index (χ3v) is 3.31. The van der Waals surface area contributed by atoms with Crippen molar-refractivity contribution in [2.24, 2.45) is 0 Å². The van der Waals surface area contributed by atoms with Crippen LogP contribution in [0.15, 0.2) is 48.8 Å². The van der Waals surface area contributed by atoms with Gasteiger partial charge in [-0.3, -0.25) is 0 Å². The van der Waals surface area contributed by atoms with Crippen molar-refractivity contribution >= 4 is 11.5 Å². The molecule has 2 heterocycles. The van der Waals surface area contributed by atoms with Gasteiger partial charge in [-0.1, -0.05) is 30.3 Å². The maximum Gasteiger partial charge on any atom is 0.157 e. The van der Waals surface area contributed by atoms with Crippen molar-refractivity contribution in [1.82, 2.24) is 14.6 Å². The van der Waals surface area contributed by atoms with Crippen LogP contribution in [0.3, 0.4) is 0 Å². The minimum Gasteiger partial charge on any atom is -0.370 e. The minimum absolute atomic E-state index is 0.885. The highest BCUT2D eigenvalue weighted by molar-refractivity contribution is 5.51. The van der Waals surface area contributed by atoms with E-state index in [-0.39, 0.29) is 0 Å². The minimum atomic E-state index is 0.885. The third kappa shape index (κ3) is 2.79. The average molecular weight is 266 g/mol. The molecule has 4 heteroatoms. The number of aryl methyl sites for hydroxylation is 2. The first-order chi connectivity index (χ1) is 9.83. The molecule has 0 aliphatic carbocycles. The lowest BCUT2D eigenvalue weighted by Gasteiger charge is -2.09. The molecule has 2 aromatic heterocycles. The number of hydrogen-bond donors (Lipinski definition) is 1. The van der Waals surface area contributed by atoms with Gasteiger partial charge in [-0.25, -0.2) is 4.98 Å². The number of rotatable bonds is 5. The molecule has 0 atom stereocenters. The zero-order valence-corrected chi connectivity index (χ0v) is 11.6. The lowest BCUT2D eigenvalue weighted by molar-refractivity contribution is 0.845. The van der Waals surface area contributed by atoms with Gasteiger partial charge < -0.3 is 5.32 Å². The molecule has 0 radical (unpaired) electrons. The molecule has 0 saturated heterocycles. The molecule has 0 aliphatic rings. The van der Waals surface area contributed by atoms with Gasteiger partial charge in [0.2, 0.25) is 0 Å². The van der Waals surface area contributed by atoms with Gasteiger partial charge in [-0.15, -0.1) is 0 Å². The highest BCUT2D eigenvalue weighted by atomic mass is 15.3. The summed E-state index contributed by atoms with van der Waals surface area (Å²) in [5.41, 5.74) is 3.45. The fraction of sp³-hybridized carbons (Fsp3) is 0.250. The highest BCUT2D eigenvalue weighted by Crippen LogP contribution is 2.13. The van der Waals surface area contributed by atoms with Crippen LogP contribution in [0.1, 0.15) is 17.5 Å². The summed E-state index contributed by atoms with van der Waals surface area (Å²) in [6.07, 6.45) is 3.76. The van der Waals surface area contributed by atoms with E-state index in [0.717, 1.165) is 30.9 Å². The van der Waals surface area contributed by atoms with Crippen LogP contribution in [0.5, 0.6) is 0 Å². The summed E-state index contributed by atoms with van der Waals surface area (Å²) in [6.45, 7) is 3.00. The van der Waals surface area contributed by atoms with E-state index in [0.29, 0.717) is 0 Å². The van der Waals surface area contributed by atoms with E-state index >= 15 is 0 Å². The Labute approximate surface area is 118 Å². The van der Waals surface area contributed by atoms with Gasteiger partial charge in [0.1, 0.15) is 12.1 Å². The Morgan fingerprint density at radius 3 is 2.85 bits per heavy atom. The van der Waals surface area contributed by atoms with E-state index in [2.05, 4.69) is 58.7 Å². The van der Waals surface area contributed by atoms with E-state index in [1.807, 2.05) is 10.6 Å². The molecule has 3 rings (SSSR count). The van der Waals surface area contributed by atoms with E-state index in [1.165, 1.54) is 11.1 Å². The smallest absolute Gasteiger partial charge is 0.157 e. The monoisotopic (exact) mass is 266 g/mol. The number of hydrogen-bond acceptors (Lipinski definition) is 3. The maximum absolute atomic E-state index is 4.24. The van der Waals surface area contributed by atoms with Crippen LogP contribution in [0.4, 0.5) is 5.82 Å². The molecule has 102 valence electrons. The second-order valence-corrected chi connectivity index (χ2v) is 4.96. The second kappa shape index (κ2) is 5.74. The summed E-state index contributed by atoms with van der Waals surface area (Å²) in [4.78, 5) is 4.23. The Bertz CT molecular complexity index is 688. The molecule has 0 bridgehead atoms. The van der Waals surface area contributed by atoms with Crippen LogP contribution in [-0.2, 0) is 6.42 Å². The fourth-order valence-corrected chi connectivity index (χ4v) is 2.34. The molecular formula is C16H18N4. The van der Waals surface area contributed by atoms with E-state index in [9.17, 15) is 0 Å². The van der Waals surface area contributed by atoms with Crippen LogP contribution in [0, 0.1) is 6.92 Å². The molecule has 4 nitrogen and oxygen atoms in total. The molecule has 0 unspecified atom stereocenters. The summed E-state index contributed by atoms with van der Waals surface area (Å²) >= 11 is 0. The molecule has 0 aliphatic heterocycles. The molecule has 0 saturated carbocycles. The molecular weight excluding hydrogens is 248 g/mol. The molecule has 1 aromatic carbocycles. The molecule has 0 fully saturated rings. The Morgan fingerprint density at radius 2 is 2.00 bits per heavy atom. The number of pyridine rings is 1. The number of benzene rings is 1. The van der Waals surface area contributed by atoms with E-state index in [1.54, 1.807) is 6.33 Å². The number of nitrogens with one attached hydrogen (secondary N) is 1. The topological polar surface area (TPSA) is 42.2 Å². The predicted octanol–water partition coefficient (Wildman–Crippen LogP) is 3.08. The maximum atomic E-state index is 4.24. The summed E-state index contributed by atoms with van der Waals surface area (Å²) in [6, 6.07) is 14.7. The first-order valence-corrected chi connectivity index (χ1v) is 6.91. The molecule has 3 aromatic rings. The highest BCUT2D eigenvalue weighted by Gasteiger charge is 2.03. The zero-order valence-electron chi connectivity index (χ0n) is 11.6. The lowest BCUT2D eigenvalue weighted by atomic mass is 10.1. The van der Waals surface area contributed by atoms with Gasteiger partial charge in [-0.05, 0) is 43.0 Å². The standard InChI is InChI=1S/C16H18N4/c1-13-10-15(20-16(11-13)18-12-19-20)17-9-5-8-14-6-3-2-4-7-14/h2-4,6-7,10-12,17H,5,8-9H2,1H3. The van der Waals surface area contributed by atoms with Crippen molar-refractivity contribution in [2.45, 2.75) is 19.8 Å². The summed E-state index contributed by atoms with van der Waals surface area (Å²) in [7, 11) is 0. The van der Waals surface area contributed by atoms with Crippen LogP contribution in [0.25, 0.3) is 5.65 Å². The van der Waals surface area contributed by atoms with E-state index < -0.39 is 0 Å². The SMILES string of the molecule is Cc1cc(NCCCc2ccccc2)n2ncnc2c1. The quantitative estimate of drug-likeness (QED) is 0.722. The molecule has 0 spiro atoms. The van der Waals surface area contributed by atoms with Crippen molar-refractivity contribution in [2.75, 3.05) is 11.9 Å². The Hall–Kier alpha value is -2.36. The van der Waals surface area contributed by atoms with Gasteiger partial charge in [0.05, 0.1) is 0 Å². The third-order valence-electron chi connectivity index (χ3n) is 3.31. The average Bonchev–Trinajstić information content (AvgIpc) is 2.92. The zero-order chi connectivity index (χ0) is 13.8. The largest absolute Gasteiger partial charge is 0.370 e. The number of nitrogens with zero attached hydrogens (tertiary/aromatic N) is 3. The van der Waals surface area contributed by atoms with Crippen molar-refractivity contribution in [3.8, 4) is 0 Å². The second-order valence-electron chi connectivity index (χ2n) is 4.96. The van der Waals surface area contributed by atoms with E-state index in [4.69, 9.17) is 0 Å². The van der Waals surface area contributed by atoms with Crippen LogP contribution in [0.2, 0.25) is 0 Å². The van der Waals surface area contributed by atoms with Gasteiger partial charge >= 0.3 is 0 Å². The van der Waals surface area contributed by atoms with Crippen molar-refractivity contribution in [3.63, 3.8) is 0 Å². The Kier molecular flexibility index (Phi) is 3.63. The van der Waals surface area contributed by atoms with Gasteiger partial charge in [-0.2, -0.15) is 9.61 Å². The lowest BCUT2D eigenvalue weighted by Crippen LogP contribution is -2.08. The molecule has 20 heavy (non-hydrogen) atoms. The van der Waals surface area contributed by atoms with Crippen molar-refractivity contribution in [1.29, 1.82) is 0 Å². The van der Waals surface area contributed by atoms with Crippen LogP contribution < -0.4 is 5.32 Å². The Morgan fingerprint density at radius 1 is 1.15 bits per heavy atom. The fourth-order valence-electron chi connectivity index (χ4n) is 2.34. The Balaban J connectivity index is 1.61. The number of anilines is 1. The normalized spacial score (nSPS) is 10.8. The van der Waals surface area contributed by atoms with Crippen LogP contribution in [-0.4, -0.2) is 21.1 Å². The molecule has 1 N–H and O–H groups in total. The first-order valence-electron chi connectivity index (χ1n) is 6.91. The van der Waals surface area contributed by atoms with Crippen molar-refractivity contribution in [3.05, 3.63) is 59.9 Å². The molecule has 0 amide bonds. The number of fused-ring (bicyclic) bond motifs is 1. The van der Waals surface area contributed by atoms with Crippen LogP contribution >= 0.6 is 0 Å². The summed E-state index contributed by atoms with van der Waals surface area (Å²) in [5.74, 6) is 1.01. The van der Waals surface area contributed by atoms with Gasteiger partial charge in [0.25, 0.3) is 0 Å². The predicted molar refractivity (Wildman–Crippen MR) is 81.0 cm³/mol. The van der Waals surface area contributed by atoms with Gasteiger partial charge in [0, 0.05) is 6.54 Å². The first kappa shape index (κ1) is 12.7.